The van der Waals surface area contributed by atoms with Crippen LogP contribution in [0.2, 0.25) is 0 Å². The fourth-order valence-corrected chi connectivity index (χ4v) is 4.82. The smallest absolute Gasteiger partial charge is 0.243 e. The predicted octanol–water partition coefficient (Wildman–Crippen LogP) is 5.79. The Labute approximate surface area is 225 Å². The van der Waals surface area contributed by atoms with E-state index in [2.05, 4.69) is 5.32 Å². The second kappa shape index (κ2) is 14.5. The Kier molecular flexibility index (Phi) is 11.1. The Morgan fingerprint density at radius 1 is 0.919 bits per heavy atom. The first-order valence-corrected chi connectivity index (χ1v) is 13.9. The standard InChI is InChI=1S/C31H38N2O3S/c1-5-24(3)32-31(35)29(19-25-9-7-6-8-10-25)33(20-26-13-11-23(2)12-14-26)30(34)22-37-21-27-15-17-28(36-4)18-16-27/h6-18,24,29H,5,19-22H2,1-4H3,(H,32,35)/t24-,29+/m0/s1. The van der Waals surface area contributed by atoms with Crippen molar-refractivity contribution in [1.82, 2.24) is 10.2 Å². The summed E-state index contributed by atoms with van der Waals surface area (Å²) >= 11 is 1.56. The van der Waals surface area contributed by atoms with Crippen molar-refractivity contribution in [2.75, 3.05) is 12.9 Å². The molecular formula is C31H38N2O3S. The third-order valence-electron chi connectivity index (χ3n) is 6.40. The van der Waals surface area contributed by atoms with E-state index < -0.39 is 6.04 Å². The van der Waals surface area contributed by atoms with E-state index in [0.29, 0.717) is 24.5 Å². The fraction of sp³-hybridized carbons (Fsp3) is 0.355. The predicted molar refractivity (Wildman–Crippen MR) is 153 cm³/mol. The molecule has 37 heavy (non-hydrogen) atoms. The third-order valence-corrected chi connectivity index (χ3v) is 7.39. The number of ether oxygens (including phenoxy) is 1. The molecule has 0 aromatic heterocycles. The summed E-state index contributed by atoms with van der Waals surface area (Å²) < 4.78 is 5.23. The lowest BCUT2D eigenvalue weighted by atomic mass is 10.0. The van der Waals surface area contributed by atoms with E-state index in [1.54, 1.807) is 23.8 Å². The maximum Gasteiger partial charge on any atom is 0.243 e. The van der Waals surface area contributed by atoms with Crippen molar-refractivity contribution in [3.63, 3.8) is 0 Å². The van der Waals surface area contributed by atoms with Gasteiger partial charge in [0.2, 0.25) is 11.8 Å². The number of carbonyl (C=O) groups excluding carboxylic acids is 2. The van der Waals surface area contributed by atoms with Gasteiger partial charge < -0.3 is 15.0 Å². The Morgan fingerprint density at radius 2 is 1.57 bits per heavy atom. The lowest BCUT2D eigenvalue weighted by Crippen LogP contribution is -2.52. The van der Waals surface area contributed by atoms with Crippen molar-refractivity contribution in [3.05, 3.63) is 101 Å². The zero-order valence-corrected chi connectivity index (χ0v) is 23.1. The van der Waals surface area contributed by atoms with Gasteiger partial charge in [-0.25, -0.2) is 0 Å². The second-order valence-corrected chi connectivity index (χ2v) is 10.4. The molecule has 0 bridgehead atoms. The monoisotopic (exact) mass is 518 g/mol. The molecule has 2 atom stereocenters. The zero-order valence-electron chi connectivity index (χ0n) is 22.3. The number of nitrogens with one attached hydrogen (secondary N) is 1. The van der Waals surface area contributed by atoms with Crippen molar-refractivity contribution in [3.8, 4) is 5.75 Å². The highest BCUT2D eigenvalue weighted by Crippen LogP contribution is 2.20. The molecule has 5 nitrogen and oxygen atoms in total. The van der Waals surface area contributed by atoms with E-state index in [0.717, 1.165) is 34.4 Å². The third kappa shape index (κ3) is 8.97. The summed E-state index contributed by atoms with van der Waals surface area (Å²) in [5.41, 5.74) is 4.32. The van der Waals surface area contributed by atoms with Gasteiger partial charge in [-0.05, 0) is 49.1 Å². The molecule has 3 aromatic carbocycles. The van der Waals surface area contributed by atoms with E-state index in [9.17, 15) is 9.59 Å². The van der Waals surface area contributed by atoms with Gasteiger partial charge >= 0.3 is 0 Å². The fourth-order valence-electron chi connectivity index (χ4n) is 3.95. The number of nitrogens with zero attached hydrogens (tertiary/aromatic N) is 1. The van der Waals surface area contributed by atoms with Crippen LogP contribution in [0.4, 0.5) is 0 Å². The summed E-state index contributed by atoms with van der Waals surface area (Å²) in [5.74, 6) is 1.65. The summed E-state index contributed by atoms with van der Waals surface area (Å²) in [7, 11) is 1.65. The first-order chi connectivity index (χ1) is 17.9. The molecule has 0 saturated carbocycles. The lowest BCUT2D eigenvalue weighted by Gasteiger charge is -2.32. The van der Waals surface area contributed by atoms with E-state index in [1.165, 1.54) is 0 Å². The molecule has 1 N–H and O–H groups in total. The van der Waals surface area contributed by atoms with Crippen molar-refractivity contribution < 1.29 is 14.3 Å². The van der Waals surface area contributed by atoms with Crippen molar-refractivity contribution in [2.24, 2.45) is 0 Å². The number of carbonyl (C=O) groups is 2. The summed E-state index contributed by atoms with van der Waals surface area (Å²) in [6, 6.07) is 25.4. The average Bonchev–Trinajstić information content (AvgIpc) is 2.92. The molecule has 0 fully saturated rings. The minimum Gasteiger partial charge on any atom is -0.497 e. The minimum atomic E-state index is -0.605. The van der Waals surface area contributed by atoms with Crippen molar-refractivity contribution >= 4 is 23.6 Å². The molecule has 3 aromatic rings. The SMILES string of the molecule is CC[C@H](C)NC(=O)[C@@H](Cc1ccccc1)N(Cc1ccc(C)cc1)C(=O)CSCc1ccc(OC)cc1. The van der Waals surface area contributed by atoms with Crippen LogP contribution in [0, 0.1) is 6.92 Å². The highest BCUT2D eigenvalue weighted by molar-refractivity contribution is 7.99. The van der Waals surface area contributed by atoms with Gasteiger partial charge in [0.05, 0.1) is 12.9 Å². The number of rotatable bonds is 13. The summed E-state index contributed by atoms with van der Waals surface area (Å²) in [5, 5.41) is 3.12. The second-order valence-electron chi connectivity index (χ2n) is 9.37. The molecule has 0 saturated heterocycles. The Hall–Kier alpha value is -3.25. The van der Waals surface area contributed by atoms with E-state index in [-0.39, 0.29) is 17.9 Å². The average molecular weight is 519 g/mol. The molecule has 0 unspecified atom stereocenters. The molecule has 0 heterocycles. The number of aryl methyl sites for hydroxylation is 1. The maximum atomic E-state index is 13.7. The van der Waals surface area contributed by atoms with Crippen LogP contribution in [-0.4, -0.2) is 41.7 Å². The molecule has 0 aliphatic heterocycles. The number of amides is 2. The van der Waals surface area contributed by atoms with Gasteiger partial charge in [-0.2, -0.15) is 0 Å². The summed E-state index contributed by atoms with van der Waals surface area (Å²) in [6.07, 6.45) is 1.29. The zero-order chi connectivity index (χ0) is 26.6. The molecule has 0 aliphatic carbocycles. The van der Waals surface area contributed by atoms with Crippen molar-refractivity contribution in [1.29, 1.82) is 0 Å². The number of hydrogen-bond acceptors (Lipinski definition) is 4. The molecule has 0 aliphatic rings. The molecule has 6 heteroatoms. The summed E-state index contributed by atoms with van der Waals surface area (Å²) in [4.78, 5) is 29.0. The molecular weight excluding hydrogens is 480 g/mol. The number of hydrogen-bond donors (Lipinski definition) is 1. The Morgan fingerprint density at radius 3 is 2.19 bits per heavy atom. The number of benzene rings is 3. The van der Waals surface area contributed by atoms with Gasteiger partial charge in [-0.15, -0.1) is 11.8 Å². The van der Waals surface area contributed by atoms with Crippen LogP contribution in [-0.2, 0) is 28.3 Å². The molecule has 0 radical (unpaired) electrons. The topological polar surface area (TPSA) is 58.6 Å². The van der Waals surface area contributed by atoms with Gasteiger partial charge in [0, 0.05) is 24.8 Å². The van der Waals surface area contributed by atoms with Crippen LogP contribution in [0.3, 0.4) is 0 Å². The van der Waals surface area contributed by atoms with Crippen LogP contribution >= 0.6 is 11.8 Å². The molecule has 196 valence electrons. The largest absolute Gasteiger partial charge is 0.497 e. The molecule has 2 amide bonds. The maximum absolute atomic E-state index is 13.7. The Balaban J connectivity index is 1.82. The van der Waals surface area contributed by atoms with Gasteiger partial charge in [-0.3, -0.25) is 9.59 Å². The van der Waals surface area contributed by atoms with Crippen LogP contribution in [0.5, 0.6) is 5.75 Å². The molecule has 3 rings (SSSR count). The van der Waals surface area contributed by atoms with Gasteiger partial charge in [0.15, 0.2) is 0 Å². The van der Waals surface area contributed by atoms with E-state index in [1.807, 2.05) is 99.6 Å². The minimum absolute atomic E-state index is 0.0338. The highest BCUT2D eigenvalue weighted by atomic mass is 32.2. The normalized spacial score (nSPS) is 12.4. The summed E-state index contributed by atoms with van der Waals surface area (Å²) in [6.45, 7) is 6.46. The quantitative estimate of drug-likeness (QED) is 0.311. The first-order valence-electron chi connectivity index (χ1n) is 12.8. The lowest BCUT2D eigenvalue weighted by molar-refractivity contribution is -0.139. The number of methoxy groups -OCH3 is 1. The van der Waals surface area contributed by atoms with Gasteiger partial charge in [-0.1, -0.05) is 79.2 Å². The van der Waals surface area contributed by atoms with Crippen LogP contribution < -0.4 is 10.1 Å². The number of thioether (sulfide) groups is 1. The molecule has 0 spiro atoms. The highest BCUT2D eigenvalue weighted by Gasteiger charge is 2.30. The van der Waals surface area contributed by atoms with Crippen LogP contribution in [0.25, 0.3) is 0 Å². The Bertz CT molecular complexity index is 1120. The van der Waals surface area contributed by atoms with Gasteiger partial charge in [0.1, 0.15) is 11.8 Å². The van der Waals surface area contributed by atoms with Crippen LogP contribution in [0.1, 0.15) is 42.5 Å². The van der Waals surface area contributed by atoms with E-state index >= 15 is 0 Å². The first kappa shape index (κ1) is 28.3. The van der Waals surface area contributed by atoms with Gasteiger partial charge in [0.25, 0.3) is 0 Å². The van der Waals surface area contributed by atoms with E-state index in [4.69, 9.17) is 4.74 Å². The van der Waals surface area contributed by atoms with Crippen molar-refractivity contribution in [2.45, 2.75) is 58.0 Å². The van der Waals surface area contributed by atoms with Crippen LogP contribution in [0.15, 0.2) is 78.9 Å².